The average molecular weight is 301 g/mol. The first kappa shape index (κ1) is 20.3. The summed E-state index contributed by atoms with van der Waals surface area (Å²) in [6, 6.07) is 0.471. The molecule has 0 bridgehead atoms. The predicted molar refractivity (Wildman–Crippen MR) is 88.2 cm³/mol. The number of amides is 1. The molecule has 0 saturated carbocycles. The minimum atomic E-state index is -0.685. The molecule has 2 unspecified atom stereocenters. The van der Waals surface area contributed by atoms with Crippen molar-refractivity contribution >= 4 is 5.91 Å². The summed E-state index contributed by atoms with van der Waals surface area (Å²) in [5, 5.41) is 3.32. The molecule has 5 heteroatoms. The summed E-state index contributed by atoms with van der Waals surface area (Å²) >= 11 is 0. The van der Waals surface area contributed by atoms with Crippen LogP contribution in [0.2, 0.25) is 0 Å². The van der Waals surface area contributed by atoms with E-state index in [2.05, 4.69) is 31.0 Å². The second-order valence-corrected chi connectivity index (χ2v) is 6.93. The SMILES string of the molecule is COCCN(CC(C)C)C(C)CC(C)(NC(C)C)C(N)=O. The molecule has 1 amide bonds. The number of rotatable bonds is 11. The normalized spacial score (nSPS) is 16.5. The van der Waals surface area contributed by atoms with Gasteiger partial charge < -0.3 is 15.8 Å². The molecule has 0 aromatic carbocycles. The number of hydrogen-bond acceptors (Lipinski definition) is 4. The van der Waals surface area contributed by atoms with E-state index >= 15 is 0 Å². The Bertz CT molecular complexity index is 308. The fourth-order valence-corrected chi connectivity index (χ4v) is 2.76. The third kappa shape index (κ3) is 7.79. The van der Waals surface area contributed by atoms with Gasteiger partial charge in [0.2, 0.25) is 5.91 Å². The fraction of sp³-hybridized carbons (Fsp3) is 0.938. The van der Waals surface area contributed by atoms with Crippen LogP contribution in [-0.4, -0.2) is 55.2 Å². The predicted octanol–water partition coefficient (Wildman–Crippen LogP) is 1.61. The molecule has 0 aromatic heterocycles. The largest absolute Gasteiger partial charge is 0.383 e. The van der Waals surface area contributed by atoms with E-state index in [0.29, 0.717) is 18.9 Å². The first-order valence-electron chi connectivity index (χ1n) is 7.93. The van der Waals surface area contributed by atoms with Crippen molar-refractivity contribution in [2.24, 2.45) is 11.7 Å². The Balaban J connectivity index is 4.88. The van der Waals surface area contributed by atoms with Crippen molar-refractivity contribution in [2.75, 3.05) is 26.8 Å². The first-order valence-corrected chi connectivity index (χ1v) is 7.93. The van der Waals surface area contributed by atoms with Crippen LogP contribution < -0.4 is 11.1 Å². The van der Waals surface area contributed by atoms with Gasteiger partial charge in [-0.25, -0.2) is 0 Å². The van der Waals surface area contributed by atoms with E-state index in [4.69, 9.17) is 10.5 Å². The fourth-order valence-electron chi connectivity index (χ4n) is 2.76. The minimum Gasteiger partial charge on any atom is -0.383 e. The summed E-state index contributed by atoms with van der Waals surface area (Å²) in [7, 11) is 1.71. The lowest BCUT2D eigenvalue weighted by molar-refractivity contribution is -0.125. The van der Waals surface area contributed by atoms with Gasteiger partial charge in [-0.05, 0) is 40.0 Å². The molecule has 126 valence electrons. The molecular formula is C16H35N3O2. The topological polar surface area (TPSA) is 67.6 Å². The van der Waals surface area contributed by atoms with Crippen LogP contribution in [0.5, 0.6) is 0 Å². The second kappa shape index (κ2) is 9.38. The number of carbonyl (C=O) groups excluding carboxylic acids is 1. The Morgan fingerprint density at radius 2 is 1.86 bits per heavy atom. The van der Waals surface area contributed by atoms with Crippen LogP contribution in [0.4, 0.5) is 0 Å². The van der Waals surface area contributed by atoms with Gasteiger partial charge in [-0.3, -0.25) is 9.69 Å². The molecule has 0 spiro atoms. The number of primary amides is 1. The van der Waals surface area contributed by atoms with Crippen LogP contribution in [0.15, 0.2) is 0 Å². The maximum Gasteiger partial charge on any atom is 0.237 e. The lowest BCUT2D eigenvalue weighted by Gasteiger charge is -2.37. The lowest BCUT2D eigenvalue weighted by Crippen LogP contribution is -2.58. The number of ether oxygens (including phenoxy) is 1. The van der Waals surface area contributed by atoms with Crippen molar-refractivity contribution in [2.45, 2.75) is 65.6 Å². The molecular weight excluding hydrogens is 266 g/mol. The highest BCUT2D eigenvalue weighted by Crippen LogP contribution is 2.18. The molecule has 0 aromatic rings. The lowest BCUT2D eigenvalue weighted by atomic mass is 9.91. The molecule has 0 saturated heterocycles. The van der Waals surface area contributed by atoms with Gasteiger partial charge in [-0.1, -0.05) is 13.8 Å². The van der Waals surface area contributed by atoms with Gasteiger partial charge in [0.25, 0.3) is 0 Å². The third-order valence-electron chi connectivity index (χ3n) is 3.66. The van der Waals surface area contributed by atoms with Crippen molar-refractivity contribution in [3.8, 4) is 0 Å². The van der Waals surface area contributed by atoms with E-state index in [1.807, 2.05) is 20.8 Å². The van der Waals surface area contributed by atoms with Crippen molar-refractivity contribution < 1.29 is 9.53 Å². The monoisotopic (exact) mass is 301 g/mol. The summed E-state index contributed by atoms with van der Waals surface area (Å²) in [5.41, 5.74) is 4.94. The van der Waals surface area contributed by atoms with Crippen LogP contribution in [0, 0.1) is 5.92 Å². The molecule has 0 radical (unpaired) electrons. The van der Waals surface area contributed by atoms with Gasteiger partial charge in [0, 0.05) is 32.3 Å². The minimum absolute atomic E-state index is 0.215. The maximum absolute atomic E-state index is 11.9. The Hall–Kier alpha value is -0.650. The Morgan fingerprint density at radius 1 is 1.29 bits per heavy atom. The van der Waals surface area contributed by atoms with Gasteiger partial charge in [0.15, 0.2) is 0 Å². The van der Waals surface area contributed by atoms with Crippen molar-refractivity contribution in [1.29, 1.82) is 0 Å². The van der Waals surface area contributed by atoms with Gasteiger partial charge in [-0.15, -0.1) is 0 Å². The van der Waals surface area contributed by atoms with Crippen LogP contribution in [0.25, 0.3) is 0 Å². The molecule has 0 heterocycles. The number of methoxy groups -OCH3 is 1. The van der Waals surface area contributed by atoms with E-state index in [1.54, 1.807) is 7.11 Å². The summed E-state index contributed by atoms with van der Waals surface area (Å²) in [6.07, 6.45) is 0.691. The summed E-state index contributed by atoms with van der Waals surface area (Å²) in [5.74, 6) is 0.279. The average Bonchev–Trinajstić information content (AvgIpc) is 2.32. The molecule has 3 N–H and O–H groups in total. The zero-order valence-corrected chi connectivity index (χ0v) is 14.9. The summed E-state index contributed by atoms with van der Waals surface area (Å²) in [6.45, 7) is 15.1. The molecule has 0 aliphatic rings. The maximum atomic E-state index is 11.9. The third-order valence-corrected chi connectivity index (χ3v) is 3.66. The summed E-state index contributed by atoms with van der Waals surface area (Å²) in [4.78, 5) is 14.2. The van der Waals surface area contributed by atoms with Crippen molar-refractivity contribution in [3.63, 3.8) is 0 Å². The Labute approximate surface area is 130 Å². The molecule has 0 aliphatic heterocycles. The van der Waals surface area contributed by atoms with Gasteiger partial charge in [-0.2, -0.15) is 0 Å². The van der Waals surface area contributed by atoms with Crippen molar-refractivity contribution in [3.05, 3.63) is 0 Å². The van der Waals surface area contributed by atoms with Gasteiger partial charge in [0.1, 0.15) is 0 Å². The zero-order valence-electron chi connectivity index (χ0n) is 14.9. The Kier molecular flexibility index (Phi) is 9.09. The number of carbonyl (C=O) groups is 1. The quantitative estimate of drug-likeness (QED) is 0.608. The van der Waals surface area contributed by atoms with Gasteiger partial charge in [0.05, 0.1) is 12.1 Å². The molecule has 21 heavy (non-hydrogen) atoms. The number of nitrogens with zero attached hydrogens (tertiary/aromatic N) is 1. The van der Waals surface area contributed by atoms with Crippen LogP contribution >= 0.6 is 0 Å². The van der Waals surface area contributed by atoms with Crippen LogP contribution in [0.1, 0.15) is 48.0 Å². The van der Waals surface area contributed by atoms with E-state index in [-0.39, 0.29) is 18.0 Å². The Morgan fingerprint density at radius 3 is 2.24 bits per heavy atom. The van der Waals surface area contributed by atoms with Crippen molar-refractivity contribution in [1.82, 2.24) is 10.2 Å². The highest BCUT2D eigenvalue weighted by Gasteiger charge is 2.34. The molecule has 5 nitrogen and oxygen atoms in total. The van der Waals surface area contributed by atoms with Crippen LogP contribution in [-0.2, 0) is 9.53 Å². The molecule has 0 fully saturated rings. The summed E-state index contributed by atoms with van der Waals surface area (Å²) < 4.78 is 5.20. The molecule has 0 rings (SSSR count). The number of hydrogen-bond donors (Lipinski definition) is 2. The van der Waals surface area contributed by atoms with E-state index in [0.717, 1.165) is 13.1 Å². The van der Waals surface area contributed by atoms with Crippen LogP contribution in [0.3, 0.4) is 0 Å². The highest BCUT2D eigenvalue weighted by atomic mass is 16.5. The second-order valence-electron chi connectivity index (χ2n) is 6.93. The zero-order chi connectivity index (χ0) is 16.6. The standard InChI is InChI=1S/C16H35N3O2/c1-12(2)11-19(8-9-21-7)14(5)10-16(6,15(17)20)18-13(3)4/h12-14,18H,8-11H2,1-7H3,(H2,17,20). The first-order chi connectivity index (χ1) is 9.62. The number of nitrogens with one attached hydrogen (secondary N) is 1. The highest BCUT2D eigenvalue weighted by molar-refractivity contribution is 5.84. The van der Waals surface area contributed by atoms with Gasteiger partial charge >= 0.3 is 0 Å². The number of nitrogens with two attached hydrogens (primary N) is 1. The van der Waals surface area contributed by atoms with E-state index in [9.17, 15) is 4.79 Å². The molecule has 0 aliphatic carbocycles. The van der Waals surface area contributed by atoms with E-state index < -0.39 is 5.54 Å². The van der Waals surface area contributed by atoms with E-state index in [1.165, 1.54) is 0 Å². The smallest absolute Gasteiger partial charge is 0.237 e. The molecule has 2 atom stereocenters.